The fraction of sp³-hybridized carbons (Fsp3) is 0.400. The largest absolute Gasteiger partial charge is 0.481 e. The van der Waals surface area contributed by atoms with E-state index in [1.165, 1.54) is 0 Å². The van der Waals surface area contributed by atoms with Gasteiger partial charge in [-0.2, -0.15) is 5.10 Å². The number of fused-ring (bicyclic) bond motifs is 1. The van der Waals surface area contributed by atoms with Crippen LogP contribution in [-0.2, 0) is 11.8 Å². The second-order valence-corrected chi connectivity index (χ2v) is 7.09. The molecule has 2 aromatic heterocycles. The van der Waals surface area contributed by atoms with Crippen molar-refractivity contribution in [2.24, 2.45) is 7.05 Å². The molecule has 1 fully saturated rings. The lowest BCUT2D eigenvalue weighted by Gasteiger charge is -2.36. The van der Waals surface area contributed by atoms with E-state index in [2.05, 4.69) is 20.0 Å². The van der Waals surface area contributed by atoms with Crippen LogP contribution in [0.2, 0.25) is 0 Å². The molecule has 1 atom stereocenters. The average molecular weight is 380 g/mol. The molecule has 3 heterocycles. The second kappa shape index (κ2) is 7.46. The quantitative estimate of drug-likeness (QED) is 0.687. The van der Waals surface area contributed by atoms with Crippen molar-refractivity contribution in [2.45, 2.75) is 20.0 Å². The number of hydrogen-bond donors (Lipinski definition) is 0. The van der Waals surface area contributed by atoms with Gasteiger partial charge in [0.2, 0.25) is 0 Å². The van der Waals surface area contributed by atoms with Crippen LogP contribution in [0.4, 0.5) is 5.82 Å². The van der Waals surface area contributed by atoms with E-state index in [-0.39, 0.29) is 5.91 Å². The van der Waals surface area contributed by atoms with Crippen LogP contribution in [0.1, 0.15) is 12.5 Å². The van der Waals surface area contributed by atoms with Gasteiger partial charge in [0.25, 0.3) is 5.91 Å². The minimum absolute atomic E-state index is 0.00874. The summed E-state index contributed by atoms with van der Waals surface area (Å²) < 4.78 is 7.56. The Morgan fingerprint density at radius 1 is 1.11 bits per heavy atom. The maximum Gasteiger partial charge on any atom is 0.263 e. The Bertz CT molecular complexity index is 976. The zero-order valence-electron chi connectivity index (χ0n) is 16.4. The minimum Gasteiger partial charge on any atom is -0.481 e. The molecule has 1 unspecified atom stereocenters. The molecule has 1 saturated heterocycles. The fourth-order valence-electron chi connectivity index (χ4n) is 3.47. The van der Waals surface area contributed by atoms with Crippen LogP contribution in [0, 0.1) is 6.92 Å². The van der Waals surface area contributed by atoms with Crippen molar-refractivity contribution >= 4 is 22.8 Å². The van der Waals surface area contributed by atoms with E-state index in [0.29, 0.717) is 31.9 Å². The zero-order valence-corrected chi connectivity index (χ0v) is 16.4. The van der Waals surface area contributed by atoms with Gasteiger partial charge in [-0.1, -0.05) is 17.7 Å². The van der Waals surface area contributed by atoms with Crippen molar-refractivity contribution in [2.75, 3.05) is 31.1 Å². The Labute approximate surface area is 163 Å². The predicted octanol–water partition coefficient (Wildman–Crippen LogP) is 1.79. The summed E-state index contributed by atoms with van der Waals surface area (Å²) in [7, 11) is 1.87. The number of nitrogens with zero attached hydrogens (tertiary/aromatic N) is 6. The van der Waals surface area contributed by atoms with Crippen molar-refractivity contribution in [3.05, 3.63) is 42.4 Å². The van der Waals surface area contributed by atoms with Gasteiger partial charge in [-0.05, 0) is 26.0 Å². The van der Waals surface area contributed by atoms with E-state index in [0.717, 1.165) is 22.4 Å². The second-order valence-electron chi connectivity index (χ2n) is 7.09. The Kier molecular flexibility index (Phi) is 4.85. The third-order valence-corrected chi connectivity index (χ3v) is 5.08. The number of rotatable bonds is 4. The van der Waals surface area contributed by atoms with E-state index in [4.69, 9.17) is 4.74 Å². The van der Waals surface area contributed by atoms with Crippen molar-refractivity contribution in [1.29, 1.82) is 0 Å². The summed E-state index contributed by atoms with van der Waals surface area (Å²) in [5.74, 6) is 1.59. The van der Waals surface area contributed by atoms with Crippen LogP contribution >= 0.6 is 0 Å². The molecule has 0 radical (unpaired) electrons. The number of piperazine rings is 1. The molecule has 1 aromatic carbocycles. The summed E-state index contributed by atoms with van der Waals surface area (Å²) in [6.45, 7) is 6.51. The van der Waals surface area contributed by atoms with Crippen LogP contribution in [0.25, 0.3) is 11.0 Å². The fourth-order valence-corrected chi connectivity index (χ4v) is 3.47. The van der Waals surface area contributed by atoms with Gasteiger partial charge in [-0.25, -0.2) is 9.97 Å². The highest BCUT2D eigenvalue weighted by atomic mass is 16.5. The number of ether oxygens (including phenoxy) is 1. The molecule has 0 bridgehead atoms. The molecular formula is C20H24N6O2. The van der Waals surface area contributed by atoms with Gasteiger partial charge in [-0.3, -0.25) is 9.48 Å². The summed E-state index contributed by atoms with van der Waals surface area (Å²) in [5.41, 5.74) is 1.97. The van der Waals surface area contributed by atoms with Gasteiger partial charge in [0, 0.05) is 33.2 Å². The number of benzene rings is 1. The van der Waals surface area contributed by atoms with Gasteiger partial charge in [0.05, 0.1) is 11.6 Å². The lowest BCUT2D eigenvalue weighted by Crippen LogP contribution is -2.52. The minimum atomic E-state index is -0.515. The number of hydrogen-bond acceptors (Lipinski definition) is 6. The first-order valence-corrected chi connectivity index (χ1v) is 9.42. The molecule has 4 rings (SSSR count). The number of carbonyl (C=O) groups excluding carboxylic acids is 1. The summed E-state index contributed by atoms with van der Waals surface area (Å²) in [5, 5.41) is 5.20. The van der Waals surface area contributed by atoms with Crippen molar-refractivity contribution in [1.82, 2.24) is 24.6 Å². The Morgan fingerprint density at radius 3 is 2.54 bits per heavy atom. The average Bonchev–Trinajstić information content (AvgIpc) is 3.10. The SMILES string of the molecule is Cc1ccc(OC(C)C(=O)N2CCN(c3ncnc4c3cnn4C)CC2)cc1. The van der Waals surface area contributed by atoms with E-state index < -0.39 is 6.10 Å². The van der Waals surface area contributed by atoms with Crippen LogP contribution in [0.15, 0.2) is 36.8 Å². The molecule has 1 aliphatic heterocycles. The monoisotopic (exact) mass is 380 g/mol. The number of amides is 1. The Hall–Kier alpha value is -3.16. The number of aromatic nitrogens is 4. The molecule has 8 heteroatoms. The van der Waals surface area contributed by atoms with Crippen LogP contribution in [0.5, 0.6) is 5.75 Å². The Morgan fingerprint density at radius 2 is 1.82 bits per heavy atom. The summed E-state index contributed by atoms with van der Waals surface area (Å²) in [4.78, 5) is 25.5. The van der Waals surface area contributed by atoms with Crippen molar-refractivity contribution in [3.8, 4) is 5.75 Å². The van der Waals surface area contributed by atoms with Crippen LogP contribution < -0.4 is 9.64 Å². The van der Waals surface area contributed by atoms with Gasteiger partial charge in [-0.15, -0.1) is 0 Å². The third-order valence-electron chi connectivity index (χ3n) is 5.08. The van der Waals surface area contributed by atoms with Gasteiger partial charge < -0.3 is 14.5 Å². The number of carbonyl (C=O) groups is 1. The molecule has 1 amide bonds. The number of aryl methyl sites for hydroxylation is 2. The van der Waals surface area contributed by atoms with Crippen molar-refractivity contribution < 1.29 is 9.53 Å². The van der Waals surface area contributed by atoms with Gasteiger partial charge >= 0.3 is 0 Å². The normalized spacial score (nSPS) is 15.7. The van der Waals surface area contributed by atoms with Crippen molar-refractivity contribution in [3.63, 3.8) is 0 Å². The lowest BCUT2D eigenvalue weighted by atomic mass is 10.2. The highest BCUT2D eigenvalue weighted by Crippen LogP contribution is 2.23. The first-order valence-electron chi connectivity index (χ1n) is 9.42. The molecule has 146 valence electrons. The molecule has 0 aliphatic carbocycles. The summed E-state index contributed by atoms with van der Waals surface area (Å²) in [6, 6.07) is 7.75. The summed E-state index contributed by atoms with van der Waals surface area (Å²) in [6.07, 6.45) is 2.84. The highest BCUT2D eigenvalue weighted by molar-refractivity contribution is 5.87. The van der Waals surface area contributed by atoms with Crippen LogP contribution in [-0.4, -0.2) is 62.8 Å². The lowest BCUT2D eigenvalue weighted by molar-refractivity contribution is -0.138. The van der Waals surface area contributed by atoms with Gasteiger partial charge in [0.1, 0.15) is 17.9 Å². The third kappa shape index (κ3) is 3.49. The van der Waals surface area contributed by atoms with E-state index in [1.54, 1.807) is 24.1 Å². The smallest absolute Gasteiger partial charge is 0.263 e. The molecule has 8 nitrogen and oxygen atoms in total. The molecule has 3 aromatic rings. The van der Waals surface area contributed by atoms with E-state index in [1.807, 2.05) is 43.1 Å². The topological polar surface area (TPSA) is 76.4 Å². The predicted molar refractivity (Wildman–Crippen MR) is 106 cm³/mol. The first kappa shape index (κ1) is 18.2. The van der Waals surface area contributed by atoms with Crippen LogP contribution in [0.3, 0.4) is 0 Å². The maximum absolute atomic E-state index is 12.8. The van der Waals surface area contributed by atoms with E-state index >= 15 is 0 Å². The molecule has 28 heavy (non-hydrogen) atoms. The Balaban J connectivity index is 1.39. The number of anilines is 1. The molecule has 0 spiro atoms. The summed E-state index contributed by atoms with van der Waals surface area (Å²) >= 11 is 0. The molecule has 0 N–H and O–H groups in total. The molecule has 1 aliphatic rings. The maximum atomic E-state index is 12.8. The van der Waals surface area contributed by atoms with E-state index in [9.17, 15) is 4.79 Å². The first-order chi connectivity index (χ1) is 13.5. The zero-order chi connectivity index (χ0) is 19.7. The highest BCUT2D eigenvalue weighted by Gasteiger charge is 2.27. The van der Waals surface area contributed by atoms with Gasteiger partial charge in [0.15, 0.2) is 11.8 Å². The molecule has 0 saturated carbocycles. The molecular weight excluding hydrogens is 356 g/mol. The standard InChI is InChI=1S/C20H24N6O2/c1-14-4-6-16(7-5-14)28-15(2)20(27)26-10-8-25(9-11-26)19-17-12-23-24(3)18(17)21-13-22-19/h4-7,12-13,15H,8-11H2,1-3H3.